The summed E-state index contributed by atoms with van der Waals surface area (Å²) in [6, 6.07) is 17.9. The molecule has 0 aliphatic carbocycles. The van der Waals surface area contributed by atoms with Crippen molar-refractivity contribution in [1.29, 1.82) is 0 Å². The van der Waals surface area contributed by atoms with E-state index in [2.05, 4.69) is 0 Å². The average molecular weight is 500 g/mol. The molecule has 36 heavy (non-hydrogen) atoms. The van der Waals surface area contributed by atoms with Crippen molar-refractivity contribution >= 4 is 46.6 Å². The number of anilines is 1. The van der Waals surface area contributed by atoms with Gasteiger partial charge in [-0.2, -0.15) is 0 Å². The Morgan fingerprint density at radius 1 is 0.917 bits per heavy atom. The molecule has 3 heterocycles. The molecular weight excluding hydrogens is 482 g/mol. The fourth-order valence-electron chi connectivity index (χ4n) is 5.65. The van der Waals surface area contributed by atoms with Crippen LogP contribution in [-0.2, 0) is 9.59 Å². The predicted octanol–water partition coefficient (Wildman–Crippen LogP) is 4.65. The molecule has 3 aliphatic rings. The first-order valence-corrected chi connectivity index (χ1v) is 11.7. The quantitative estimate of drug-likeness (QED) is 0.224. The number of carbonyl (C=O) groups is 3. The van der Waals surface area contributed by atoms with Crippen LogP contribution in [0, 0.1) is 22.0 Å². The molecule has 0 aromatic heterocycles. The number of amides is 2. The fraction of sp³-hybridized carbons (Fsp3) is 0.148. The van der Waals surface area contributed by atoms with Crippen LogP contribution in [0.1, 0.15) is 27.5 Å². The Labute approximate surface area is 210 Å². The molecule has 2 fully saturated rings. The van der Waals surface area contributed by atoms with Gasteiger partial charge >= 0.3 is 0 Å². The van der Waals surface area contributed by atoms with Crippen LogP contribution in [0.4, 0.5) is 11.4 Å². The van der Waals surface area contributed by atoms with Gasteiger partial charge in [0.2, 0.25) is 11.8 Å². The number of Topliss-reactive ketones (excluding diaryl/α,β-unsaturated/α-hetero) is 1. The largest absolute Gasteiger partial charge is 0.358 e. The number of halogens is 1. The van der Waals surface area contributed by atoms with Crippen molar-refractivity contribution in [2.24, 2.45) is 11.8 Å². The summed E-state index contributed by atoms with van der Waals surface area (Å²) >= 11 is 6.01. The summed E-state index contributed by atoms with van der Waals surface area (Å²) in [4.78, 5) is 55.2. The van der Waals surface area contributed by atoms with Crippen LogP contribution in [0.15, 0.2) is 79.0 Å². The Morgan fingerprint density at radius 2 is 1.64 bits per heavy atom. The number of nitrogens with zero attached hydrogens (tertiary/aromatic N) is 3. The SMILES string of the molecule is O=C(c1cccc([N+](=O)[O-])c1)[C@@H]1[C@@H]2C(=O)N(c3ccc(Cl)cc3)C(=O)[C@@H]2C2c3ccccc3C=CN21. The van der Waals surface area contributed by atoms with E-state index in [9.17, 15) is 24.5 Å². The van der Waals surface area contributed by atoms with E-state index in [-0.39, 0.29) is 17.2 Å². The lowest BCUT2D eigenvalue weighted by Gasteiger charge is -2.35. The smallest absolute Gasteiger partial charge is 0.270 e. The van der Waals surface area contributed by atoms with Crippen LogP contribution in [0.2, 0.25) is 5.02 Å². The van der Waals surface area contributed by atoms with Gasteiger partial charge in [0.25, 0.3) is 5.69 Å². The number of rotatable bonds is 4. The van der Waals surface area contributed by atoms with Crippen LogP contribution >= 0.6 is 11.6 Å². The van der Waals surface area contributed by atoms with Gasteiger partial charge in [0.15, 0.2) is 5.78 Å². The molecule has 0 radical (unpaired) electrons. The van der Waals surface area contributed by atoms with Gasteiger partial charge < -0.3 is 4.90 Å². The van der Waals surface area contributed by atoms with Crippen molar-refractivity contribution < 1.29 is 19.3 Å². The van der Waals surface area contributed by atoms with Gasteiger partial charge in [-0.15, -0.1) is 0 Å². The highest BCUT2D eigenvalue weighted by Gasteiger charge is 2.64. The molecule has 0 saturated carbocycles. The van der Waals surface area contributed by atoms with Gasteiger partial charge in [-0.25, -0.2) is 4.90 Å². The highest BCUT2D eigenvalue weighted by molar-refractivity contribution is 6.31. The lowest BCUT2D eigenvalue weighted by molar-refractivity contribution is -0.384. The van der Waals surface area contributed by atoms with E-state index in [0.29, 0.717) is 10.7 Å². The Bertz CT molecular complexity index is 1480. The van der Waals surface area contributed by atoms with Crippen molar-refractivity contribution in [3.63, 3.8) is 0 Å². The highest BCUT2D eigenvalue weighted by atomic mass is 35.5. The van der Waals surface area contributed by atoms with Gasteiger partial charge in [-0.1, -0.05) is 48.0 Å². The maximum Gasteiger partial charge on any atom is 0.270 e. The van der Waals surface area contributed by atoms with Crippen LogP contribution < -0.4 is 4.90 Å². The molecule has 2 amide bonds. The Balaban J connectivity index is 1.49. The summed E-state index contributed by atoms with van der Waals surface area (Å²) in [6.45, 7) is 0. The van der Waals surface area contributed by atoms with E-state index in [1.54, 1.807) is 35.4 Å². The summed E-state index contributed by atoms with van der Waals surface area (Å²) in [5.74, 6) is -3.06. The Morgan fingerprint density at radius 3 is 2.39 bits per heavy atom. The molecular formula is C27H18ClN3O5. The van der Waals surface area contributed by atoms with Crippen molar-refractivity contribution in [3.05, 3.63) is 111 Å². The number of ketones is 1. The first kappa shape index (κ1) is 22.2. The normalized spacial score (nSPS) is 23.9. The third-order valence-corrected chi connectivity index (χ3v) is 7.41. The summed E-state index contributed by atoms with van der Waals surface area (Å²) in [7, 11) is 0. The van der Waals surface area contributed by atoms with Crippen molar-refractivity contribution in [2.45, 2.75) is 12.1 Å². The second kappa shape index (κ2) is 8.13. The van der Waals surface area contributed by atoms with E-state index < -0.39 is 40.5 Å². The van der Waals surface area contributed by atoms with E-state index >= 15 is 0 Å². The van der Waals surface area contributed by atoms with Crippen molar-refractivity contribution in [2.75, 3.05) is 4.90 Å². The molecule has 6 rings (SSSR count). The van der Waals surface area contributed by atoms with Gasteiger partial charge in [0, 0.05) is 28.9 Å². The molecule has 0 bridgehead atoms. The minimum absolute atomic E-state index is 0.117. The monoisotopic (exact) mass is 499 g/mol. The standard InChI is InChI=1S/C27H18ClN3O5/c28-17-8-10-18(11-9-17)30-26(33)21-22(27(30)34)24(25(32)16-5-3-6-19(14-16)31(35)36)29-13-12-15-4-1-2-7-20(15)23(21)29/h1-14,21-24H/t21-,22+,23?,24-/m0/s1. The second-order valence-corrected chi connectivity index (χ2v) is 9.43. The van der Waals surface area contributed by atoms with E-state index in [1.165, 1.54) is 24.3 Å². The number of nitro groups is 1. The summed E-state index contributed by atoms with van der Waals surface area (Å²) in [5.41, 5.74) is 2.04. The molecule has 8 nitrogen and oxygen atoms in total. The number of fused-ring (bicyclic) bond motifs is 5. The van der Waals surface area contributed by atoms with Crippen LogP contribution in [0.5, 0.6) is 0 Å². The topological polar surface area (TPSA) is 101 Å². The molecule has 3 aromatic rings. The number of non-ortho nitro benzene ring substituents is 1. The Kier molecular flexibility index (Phi) is 5.01. The fourth-order valence-corrected chi connectivity index (χ4v) is 5.77. The molecule has 9 heteroatoms. The molecule has 1 unspecified atom stereocenters. The Hall–Kier alpha value is -4.30. The lowest BCUT2D eigenvalue weighted by Crippen LogP contribution is -2.44. The zero-order valence-electron chi connectivity index (χ0n) is 18.7. The van der Waals surface area contributed by atoms with Crippen LogP contribution in [0.25, 0.3) is 6.08 Å². The number of hydrogen-bond acceptors (Lipinski definition) is 6. The minimum Gasteiger partial charge on any atom is -0.358 e. The van der Waals surface area contributed by atoms with Crippen molar-refractivity contribution in [1.82, 2.24) is 4.90 Å². The third-order valence-electron chi connectivity index (χ3n) is 7.16. The first-order chi connectivity index (χ1) is 17.4. The number of carbonyl (C=O) groups excluding carboxylic acids is 3. The molecule has 2 saturated heterocycles. The summed E-state index contributed by atoms with van der Waals surface area (Å²) < 4.78 is 0. The molecule has 178 valence electrons. The zero-order valence-corrected chi connectivity index (χ0v) is 19.4. The average Bonchev–Trinajstić information content (AvgIpc) is 3.37. The highest BCUT2D eigenvalue weighted by Crippen LogP contribution is 2.53. The maximum atomic E-state index is 13.9. The van der Waals surface area contributed by atoms with E-state index in [4.69, 9.17) is 11.6 Å². The van der Waals surface area contributed by atoms with E-state index in [0.717, 1.165) is 16.0 Å². The zero-order chi connectivity index (χ0) is 25.1. The number of nitro benzene ring substituents is 1. The maximum absolute atomic E-state index is 13.9. The summed E-state index contributed by atoms with van der Waals surface area (Å²) in [6.07, 6.45) is 3.60. The molecule has 0 N–H and O–H groups in total. The lowest BCUT2D eigenvalue weighted by atomic mass is 9.83. The molecule has 3 aromatic carbocycles. The van der Waals surface area contributed by atoms with Gasteiger partial charge in [-0.3, -0.25) is 24.5 Å². The van der Waals surface area contributed by atoms with Gasteiger partial charge in [0.1, 0.15) is 6.04 Å². The van der Waals surface area contributed by atoms with Crippen LogP contribution in [0.3, 0.4) is 0 Å². The molecule has 3 aliphatic heterocycles. The molecule has 0 spiro atoms. The van der Waals surface area contributed by atoms with E-state index in [1.807, 2.05) is 30.3 Å². The number of imide groups is 1. The summed E-state index contributed by atoms with van der Waals surface area (Å²) in [5, 5.41) is 11.8. The van der Waals surface area contributed by atoms with Gasteiger partial charge in [-0.05, 0) is 41.5 Å². The molecule has 4 atom stereocenters. The van der Waals surface area contributed by atoms with Crippen molar-refractivity contribution in [3.8, 4) is 0 Å². The third kappa shape index (κ3) is 3.18. The predicted molar refractivity (Wildman–Crippen MR) is 132 cm³/mol. The minimum atomic E-state index is -1.000. The number of benzene rings is 3. The van der Waals surface area contributed by atoms with Gasteiger partial charge in [0.05, 0.1) is 28.5 Å². The second-order valence-electron chi connectivity index (χ2n) is 8.99. The first-order valence-electron chi connectivity index (χ1n) is 11.3. The van der Waals surface area contributed by atoms with Crippen LogP contribution in [-0.4, -0.2) is 33.5 Å². The number of hydrogen-bond donors (Lipinski definition) is 0.